The number of nitrogens with zero attached hydrogens (tertiary/aromatic N) is 8. The second-order valence-electron chi connectivity index (χ2n) is 7.81. The van der Waals surface area contributed by atoms with Crippen molar-refractivity contribution >= 4 is 17.3 Å². The number of halogens is 1. The Hall–Kier alpha value is -2.84. The van der Waals surface area contributed by atoms with E-state index in [1.807, 2.05) is 24.1 Å². The van der Waals surface area contributed by atoms with E-state index in [4.69, 9.17) is 0 Å². The van der Waals surface area contributed by atoms with Crippen LogP contribution in [0.15, 0.2) is 24.8 Å². The van der Waals surface area contributed by atoms with Gasteiger partial charge in [0.1, 0.15) is 18.5 Å². The van der Waals surface area contributed by atoms with Crippen molar-refractivity contribution in [1.82, 2.24) is 29.8 Å². The molecule has 1 aliphatic heterocycles. The van der Waals surface area contributed by atoms with E-state index in [0.717, 1.165) is 56.8 Å². The van der Waals surface area contributed by atoms with Gasteiger partial charge in [-0.1, -0.05) is 0 Å². The number of aromatic nitrogens is 6. The molecule has 146 valence electrons. The minimum absolute atomic E-state index is 0.239. The number of hydrogen-bond donors (Lipinski definition) is 0. The highest BCUT2D eigenvalue weighted by Gasteiger charge is 2.31. The summed E-state index contributed by atoms with van der Waals surface area (Å²) in [6.07, 6.45) is 7.25. The summed E-state index contributed by atoms with van der Waals surface area (Å²) in [6.45, 7) is 2.65. The Morgan fingerprint density at radius 1 is 1.14 bits per heavy atom. The Morgan fingerprint density at radius 2 is 1.96 bits per heavy atom. The van der Waals surface area contributed by atoms with Crippen molar-refractivity contribution in [2.24, 2.45) is 5.92 Å². The molecule has 3 aromatic rings. The molecule has 3 aromatic heterocycles. The molecular weight excluding hydrogens is 359 g/mol. The summed E-state index contributed by atoms with van der Waals surface area (Å²) < 4.78 is 16.5. The molecule has 0 bridgehead atoms. The van der Waals surface area contributed by atoms with Gasteiger partial charge in [-0.2, -0.15) is 4.52 Å². The summed E-state index contributed by atoms with van der Waals surface area (Å²) in [6, 6.07) is 3.93. The van der Waals surface area contributed by atoms with Crippen molar-refractivity contribution in [2.75, 3.05) is 36.5 Å². The highest BCUT2D eigenvalue weighted by molar-refractivity contribution is 5.45. The van der Waals surface area contributed by atoms with Crippen LogP contribution in [-0.2, 0) is 0 Å². The maximum Gasteiger partial charge on any atom is 0.187 e. The number of fused-ring (bicyclic) bond motifs is 1. The van der Waals surface area contributed by atoms with Gasteiger partial charge in [-0.25, -0.2) is 14.4 Å². The van der Waals surface area contributed by atoms with Crippen LogP contribution < -0.4 is 9.80 Å². The van der Waals surface area contributed by atoms with Gasteiger partial charge in [0.25, 0.3) is 0 Å². The van der Waals surface area contributed by atoms with Gasteiger partial charge in [0.2, 0.25) is 0 Å². The first-order valence-electron chi connectivity index (χ1n) is 9.82. The monoisotopic (exact) mass is 382 g/mol. The van der Waals surface area contributed by atoms with Gasteiger partial charge in [-0.15, -0.1) is 15.3 Å². The first kappa shape index (κ1) is 17.3. The highest BCUT2D eigenvalue weighted by Crippen LogP contribution is 2.41. The average molecular weight is 382 g/mol. The lowest BCUT2D eigenvalue weighted by Gasteiger charge is -2.34. The first-order valence-corrected chi connectivity index (χ1v) is 9.82. The van der Waals surface area contributed by atoms with Crippen molar-refractivity contribution in [3.8, 4) is 0 Å². The van der Waals surface area contributed by atoms with Gasteiger partial charge < -0.3 is 9.80 Å². The Labute approximate surface area is 162 Å². The van der Waals surface area contributed by atoms with Crippen LogP contribution in [0.4, 0.5) is 16.0 Å². The summed E-state index contributed by atoms with van der Waals surface area (Å²) in [7, 11) is 1.93. The molecule has 5 rings (SSSR count). The molecule has 2 fully saturated rings. The molecule has 1 saturated carbocycles. The van der Waals surface area contributed by atoms with Gasteiger partial charge in [0.15, 0.2) is 17.3 Å². The third-order valence-corrected chi connectivity index (χ3v) is 5.74. The zero-order valence-electron chi connectivity index (χ0n) is 15.9. The van der Waals surface area contributed by atoms with Crippen molar-refractivity contribution in [3.05, 3.63) is 36.3 Å². The molecule has 0 spiro atoms. The van der Waals surface area contributed by atoms with E-state index in [-0.39, 0.29) is 11.7 Å². The lowest BCUT2D eigenvalue weighted by atomic mass is 9.96. The zero-order chi connectivity index (χ0) is 19.1. The minimum Gasteiger partial charge on any atom is -0.357 e. The van der Waals surface area contributed by atoms with Gasteiger partial charge in [0, 0.05) is 32.6 Å². The molecule has 28 heavy (non-hydrogen) atoms. The summed E-state index contributed by atoms with van der Waals surface area (Å²) >= 11 is 0. The van der Waals surface area contributed by atoms with Crippen LogP contribution in [0.1, 0.15) is 37.3 Å². The van der Waals surface area contributed by atoms with E-state index in [1.165, 1.54) is 6.33 Å². The van der Waals surface area contributed by atoms with Crippen LogP contribution in [0.2, 0.25) is 0 Å². The topological polar surface area (TPSA) is 75.3 Å². The fourth-order valence-corrected chi connectivity index (χ4v) is 3.99. The van der Waals surface area contributed by atoms with Crippen molar-refractivity contribution < 1.29 is 4.39 Å². The van der Waals surface area contributed by atoms with Gasteiger partial charge >= 0.3 is 0 Å². The molecule has 9 heteroatoms. The molecular formula is C19H23FN8. The molecule has 0 amide bonds. The molecule has 2 aliphatic rings. The maximum absolute atomic E-state index is 14.8. The third kappa shape index (κ3) is 3.25. The summed E-state index contributed by atoms with van der Waals surface area (Å²) in [4.78, 5) is 12.6. The third-order valence-electron chi connectivity index (χ3n) is 5.74. The standard InChI is InChI=1S/C19H23FN8/c1-26(19-17(20)18(14-2-3-14)21-11-22-19)10-13-6-8-27(9-7-13)16-5-4-15-24-23-12-28(15)25-16/h4-5,11-14H,2-3,6-10H2,1H3. The Bertz CT molecular complexity index is 977. The molecule has 4 heterocycles. The van der Waals surface area contributed by atoms with E-state index >= 15 is 0 Å². The van der Waals surface area contributed by atoms with Gasteiger partial charge in [-0.05, 0) is 43.7 Å². The summed E-state index contributed by atoms with van der Waals surface area (Å²) in [5, 5.41) is 12.4. The quantitative estimate of drug-likeness (QED) is 0.670. The van der Waals surface area contributed by atoms with E-state index in [0.29, 0.717) is 17.4 Å². The molecule has 0 unspecified atom stereocenters. The predicted molar refractivity (Wildman–Crippen MR) is 103 cm³/mol. The van der Waals surface area contributed by atoms with E-state index in [9.17, 15) is 4.39 Å². The SMILES string of the molecule is CN(CC1CCN(c2ccc3nncn3n2)CC1)c1ncnc(C2CC2)c1F. The Kier molecular flexibility index (Phi) is 4.29. The molecule has 0 N–H and O–H groups in total. The highest BCUT2D eigenvalue weighted by atomic mass is 19.1. The second-order valence-corrected chi connectivity index (χ2v) is 7.81. The first-order chi connectivity index (χ1) is 13.7. The molecule has 0 radical (unpaired) electrons. The Balaban J connectivity index is 1.22. The minimum atomic E-state index is -0.239. The summed E-state index contributed by atoms with van der Waals surface area (Å²) in [5.74, 6) is 1.91. The van der Waals surface area contributed by atoms with Crippen molar-refractivity contribution in [2.45, 2.75) is 31.6 Å². The van der Waals surface area contributed by atoms with Crippen LogP contribution in [0, 0.1) is 11.7 Å². The molecule has 1 saturated heterocycles. The van der Waals surface area contributed by atoms with Crippen LogP contribution in [0.3, 0.4) is 0 Å². The number of rotatable bonds is 5. The molecule has 0 atom stereocenters. The van der Waals surface area contributed by atoms with Crippen LogP contribution in [-0.4, -0.2) is 56.5 Å². The molecule has 8 nitrogen and oxygen atoms in total. The lowest BCUT2D eigenvalue weighted by Crippen LogP contribution is -2.38. The van der Waals surface area contributed by atoms with E-state index < -0.39 is 0 Å². The smallest absolute Gasteiger partial charge is 0.187 e. The predicted octanol–water partition coefficient (Wildman–Crippen LogP) is 2.28. The van der Waals surface area contributed by atoms with Gasteiger partial charge in [0.05, 0.1) is 5.69 Å². The van der Waals surface area contributed by atoms with Crippen molar-refractivity contribution in [1.29, 1.82) is 0 Å². The maximum atomic E-state index is 14.8. The van der Waals surface area contributed by atoms with E-state index in [1.54, 1.807) is 10.8 Å². The van der Waals surface area contributed by atoms with Crippen LogP contribution >= 0.6 is 0 Å². The van der Waals surface area contributed by atoms with Crippen molar-refractivity contribution in [3.63, 3.8) is 0 Å². The Morgan fingerprint density at radius 3 is 2.75 bits per heavy atom. The fraction of sp³-hybridized carbons (Fsp3) is 0.526. The number of hydrogen-bond acceptors (Lipinski definition) is 7. The number of anilines is 2. The second kappa shape index (κ2) is 6.96. The summed E-state index contributed by atoms with van der Waals surface area (Å²) in [5.41, 5.74) is 1.33. The number of piperidine rings is 1. The van der Waals surface area contributed by atoms with Crippen LogP contribution in [0.25, 0.3) is 5.65 Å². The largest absolute Gasteiger partial charge is 0.357 e. The normalized spacial score (nSPS) is 18.0. The van der Waals surface area contributed by atoms with Crippen LogP contribution in [0.5, 0.6) is 0 Å². The van der Waals surface area contributed by atoms with E-state index in [2.05, 4.69) is 30.2 Å². The molecule has 1 aliphatic carbocycles. The molecule has 0 aromatic carbocycles. The zero-order valence-corrected chi connectivity index (χ0v) is 15.9. The van der Waals surface area contributed by atoms with Gasteiger partial charge in [-0.3, -0.25) is 0 Å². The lowest BCUT2D eigenvalue weighted by molar-refractivity contribution is 0.404. The average Bonchev–Trinajstić information content (AvgIpc) is 3.45. The fourth-order valence-electron chi connectivity index (χ4n) is 3.99.